The summed E-state index contributed by atoms with van der Waals surface area (Å²) >= 11 is 0. The first-order chi connectivity index (χ1) is 8.45. The summed E-state index contributed by atoms with van der Waals surface area (Å²) in [4.78, 5) is 22.5. The fourth-order valence-electron chi connectivity index (χ4n) is 1.30. The fraction of sp³-hybridized carbons (Fsp3) is 0.231. The van der Waals surface area contributed by atoms with Crippen LogP contribution in [0.2, 0.25) is 0 Å². The van der Waals surface area contributed by atoms with Crippen molar-refractivity contribution in [3.05, 3.63) is 41.5 Å². The highest BCUT2D eigenvalue weighted by Gasteiger charge is 2.11. The van der Waals surface area contributed by atoms with E-state index in [1.54, 1.807) is 13.0 Å². The molecule has 0 radical (unpaired) electrons. The smallest absolute Gasteiger partial charge is 0.341 e. The molecule has 2 N–H and O–H groups in total. The Balaban J connectivity index is 2.76. The van der Waals surface area contributed by atoms with Gasteiger partial charge in [-0.25, -0.2) is 4.79 Å². The van der Waals surface area contributed by atoms with Gasteiger partial charge in [-0.2, -0.15) is 0 Å². The summed E-state index contributed by atoms with van der Waals surface area (Å²) in [7, 11) is 1.24. The first kappa shape index (κ1) is 13.8. The maximum atomic E-state index is 11.3. The third-order valence-corrected chi connectivity index (χ3v) is 2.31. The van der Waals surface area contributed by atoms with Crippen LogP contribution >= 0.6 is 0 Å². The molecule has 1 rings (SSSR count). The van der Waals surface area contributed by atoms with E-state index in [2.05, 4.69) is 16.6 Å². The van der Waals surface area contributed by atoms with Crippen LogP contribution in [0.4, 0.5) is 0 Å². The number of esters is 1. The number of hydrogen-bond donors (Lipinski definition) is 2. The van der Waals surface area contributed by atoms with Gasteiger partial charge < -0.3 is 15.2 Å². The van der Waals surface area contributed by atoms with Crippen molar-refractivity contribution in [3.8, 4) is 5.75 Å². The third-order valence-electron chi connectivity index (χ3n) is 2.31. The molecule has 96 valence electrons. The molecule has 0 saturated heterocycles. The van der Waals surface area contributed by atoms with Crippen molar-refractivity contribution in [2.45, 2.75) is 13.5 Å². The van der Waals surface area contributed by atoms with Crippen molar-refractivity contribution in [1.29, 1.82) is 0 Å². The number of hydrogen-bond acceptors (Lipinski definition) is 4. The van der Waals surface area contributed by atoms with Gasteiger partial charge >= 0.3 is 5.97 Å². The molecule has 0 aliphatic heterocycles. The summed E-state index contributed by atoms with van der Waals surface area (Å²) in [5.41, 5.74) is 1.17. The molecule has 0 saturated carbocycles. The maximum Gasteiger partial charge on any atom is 0.341 e. The summed E-state index contributed by atoms with van der Waals surface area (Å²) in [6.45, 7) is 5.37. The Kier molecular flexibility index (Phi) is 4.48. The number of amides is 1. The number of aromatic hydroxyl groups is 1. The first-order valence-corrected chi connectivity index (χ1v) is 5.29. The Bertz CT molecular complexity index is 494. The monoisotopic (exact) mass is 249 g/mol. The second-order valence-electron chi connectivity index (χ2n) is 3.81. The minimum atomic E-state index is -0.606. The minimum Gasteiger partial charge on any atom is -0.507 e. The molecule has 0 aromatic heterocycles. The molecule has 0 aliphatic carbocycles. The molecule has 1 aromatic carbocycles. The standard InChI is InChI=1S/C13H15NO4/c1-8(2)12(16)14-7-9-4-5-10(11(15)6-9)13(17)18-3/h4-6,15H,1,7H2,2-3H3,(H,14,16). The topological polar surface area (TPSA) is 75.6 Å². The number of ether oxygens (including phenoxy) is 1. The van der Waals surface area contributed by atoms with Crippen LogP contribution in [0.5, 0.6) is 5.75 Å². The third kappa shape index (κ3) is 3.35. The van der Waals surface area contributed by atoms with E-state index in [0.717, 1.165) is 0 Å². The van der Waals surface area contributed by atoms with Crippen molar-refractivity contribution in [2.24, 2.45) is 0 Å². The van der Waals surface area contributed by atoms with Crippen molar-refractivity contribution in [3.63, 3.8) is 0 Å². The number of carbonyl (C=O) groups excluding carboxylic acids is 2. The van der Waals surface area contributed by atoms with E-state index in [0.29, 0.717) is 11.1 Å². The molecule has 0 spiro atoms. The van der Waals surface area contributed by atoms with Gasteiger partial charge in [0.2, 0.25) is 5.91 Å². The second kappa shape index (κ2) is 5.86. The van der Waals surface area contributed by atoms with Gasteiger partial charge in [0.15, 0.2) is 0 Å². The average molecular weight is 249 g/mol. The van der Waals surface area contributed by atoms with Gasteiger partial charge in [-0.1, -0.05) is 12.6 Å². The number of carbonyl (C=O) groups is 2. The molecule has 1 amide bonds. The number of phenols is 1. The van der Waals surface area contributed by atoms with Gasteiger partial charge in [0, 0.05) is 12.1 Å². The Morgan fingerprint density at radius 3 is 2.61 bits per heavy atom. The fourth-order valence-corrected chi connectivity index (χ4v) is 1.30. The Hall–Kier alpha value is -2.30. The Labute approximate surface area is 105 Å². The van der Waals surface area contributed by atoms with Crippen LogP contribution < -0.4 is 5.32 Å². The van der Waals surface area contributed by atoms with E-state index in [9.17, 15) is 14.7 Å². The molecule has 18 heavy (non-hydrogen) atoms. The van der Waals surface area contributed by atoms with Crippen molar-refractivity contribution >= 4 is 11.9 Å². The number of methoxy groups -OCH3 is 1. The number of nitrogens with one attached hydrogen (secondary N) is 1. The Morgan fingerprint density at radius 1 is 1.44 bits per heavy atom. The lowest BCUT2D eigenvalue weighted by Crippen LogP contribution is -2.23. The second-order valence-corrected chi connectivity index (χ2v) is 3.81. The number of phenolic OH excluding ortho intramolecular Hbond substituents is 1. The van der Waals surface area contributed by atoms with E-state index < -0.39 is 5.97 Å². The zero-order chi connectivity index (χ0) is 13.7. The van der Waals surface area contributed by atoms with E-state index in [1.807, 2.05) is 0 Å². The predicted molar refractivity (Wildman–Crippen MR) is 66.1 cm³/mol. The van der Waals surface area contributed by atoms with Gasteiger partial charge in [-0.05, 0) is 24.6 Å². The van der Waals surface area contributed by atoms with E-state index in [1.165, 1.54) is 19.2 Å². The highest BCUT2D eigenvalue weighted by atomic mass is 16.5. The zero-order valence-corrected chi connectivity index (χ0v) is 10.3. The van der Waals surface area contributed by atoms with Gasteiger partial charge in [0.1, 0.15) is 11.3 Å². The number of benzene rings is 1. The van der Waals surface area contributed by atoms with Crippen LogP contribution in [0.15, 0.2) is 30.4 Å². The van der Waals surface area contributed by atoms with Gasteiger partial charge in [0.25, 0.3) is 0 Å². The van der Waals surface area contributed by atoms with Crippen LogP contribution in [0.1, 0.15) is 22.8 Å². The van der Waals surface area contributed by atoms with Gasteiger partial charge in [-0.3, -0.25) is 4.79 Å². The Morgan fingerprint density at radius 2 is 2.11 bits per heavy atom. The molecule has 0 unspecified atom stereocenters. The molecular formula is C13H15NO4. The van der Waals surface area contributed by atoms with Crippen LogP contribution in [-0.2, 0) is 16.1 Å². The van der Waals surface area contributed by atoms with Crippen LogP contribution in [0, 0.1) is 0 Å². The SMILES string of the molecule is C=C(C)C(=O)NCc1ccc(C(=O)OC)c(O)c1. The maximum absolute atomic E-state index is 11.3. The molecule has 5 nitrogen and oxygen atoms in total. The molecule has 0 aliphatic rings. The summed E-state index contributed by atoms with van der Waals surface area (Å²) in [5, 5.41) is 12.3. The lowest BCUT2D eigenvalue weighted by Gasteiger charge is -2.07. The summed E-state index contributed by atoms with van der Waals surface area (Å²) < 4.78 is 4.51. The molecular weight excluding hydrogens is 234 g/mol. The summed E-state index contributed by atoms with van der Waals surface area (Å²) in [6.07, 6.45) is 0. The first-order valence-electron chi connectivity index (χ1n) is 5.29. The molecule has 0 atom stereocenters. The summed E-state index contributed by atoms with van der Waals surface area (Å²) in [6, 6.07) is 4.49. The van der Waals surface area contributed by atoms with Crippen LogP contribution in [0.3, 0.4) is 0 Å². The van der Waals surface area contributed by atoms with E-state index >= 15 is 0 Å². The highest BCUT2D eigenvalue weighted by molar-refractivity contribution is 5.93. The highest BCUT2D eigenvalue weighted by Crippen LogP contribution is 2.19. The quantitative estimate of drug-likeness (QED) is 0.624. The number of rotatable bonds is 4. The normalized spacial score (nSPS) is 9.67. The molecule has 0 fully saturated rings. The lowest BCUT2D eigenvalue weighted by molar-refractivity contribution is -0.117. The molecule has 0 bridgehead atoms. The minimum absolute atomic E-state index is 0.0903. The van der Waals surface area contributed by atoms with Crippen LogP contribution in [0.25, 0.3) is 0 Å². The largest absolute Gasteiger partial charge is 0.507 e. The predicted octanol–water partition coefficient (Wildman–Crippen LogP) is 1.37. The van der Waals surface area contributed by atoms with Gasteiger partial charge in [0.05, 0.1) is 7.11 Å². The average Bonchev–Trinajstić information content (AvgIpc) is 2.34. The van der Waals surface area contributed by atoms with E-state index in [4.69, 9.17) is 0 Å². The molecule has 1 aromatic rings. The van der Waals surface area contributed by atoms with Gasteiger partial charge in [-0.15, -0.1) is 0 Å². The molecule has 5 heteroatoms. The van der Waals surface area contributed by atoms with Crippen molar-refractivity contribution in [1.82, 2.24) is 5.32 Å². The molecule has 0 heterocycles. The van der Waals surface area contributed by atoms with Crippen molar-refractivity contribution in [2.75, 3.05) is 7.11 Å². The van der Waals surface area contributed by atoms with Crippen LogP contribution in [-0.4, -0.2) is 24.1 Å². The lowest BCUT2D eigenvalue weighted by atomic mass is 10.1. The zero-order valence-electron chi connectivity index (χ0n) is 10.3. The van der Waals surface area contributed by atoms with Crippen molar-refractivity contribution < 1.29 is 19.4 Å². The van der Waals surface area contributed by atoms with E-state index in [-0.39, 0.29) is 23.8 Å². The summed E-state index contributed by atoms with van der Waals surface area (Å²) in [5.74, 6) is -1.04.